The third-order valence-corrected chi connectivity index (χ3v) is 2.03. The van der Waals surface area contributed by atoms with Crippen LogP contribution in [0.25, 0.3) is 0 Å². The van der Waals surface area contributed by atoms with Crippen LogP contribution < -0.4 is 5.73 Å². The molecule has 2 nitrogen and oxygen atoms in total. The van der Waals surface area contributed by atoms with Gasteiger partial charge >= 0.3 is 0 Å². The van der Waals surface area contributed by atoms with Crippen LogP contribution in [0.15, 0.2) is 0 Å². The first kappa shape index (κ1) is 9.01. The van der Waals surface area contributed by atoms with Crippen molar-refractivity contribution >= 4 is 0 Å². The van der Waals surface area contributed by atoms with Crippen molar-refractivity contribution in [2.24, 2.45) is 5.73 Å². The highest BCUT2D eigenvalue weighted by Crippen LogP contribution is 2.35. The maximum absolute atomic E-state index is 5.90. The first-order chi connectivity index (χ1) is 4.91. The Balaban J connectivity index is 2.05. The van der Waals surface area contributed by atoms with Gasteiger partial charge in [0.15, 0.2) is 0 Å². The van der Waals surface area contributed by atoms with E-state index in [1.807, 2.05) is 0 Å². The van der Waals surface area contributed by atoms with Gasteiger partial charge in [-0.1, -0.05) is 0 Å². The fourth-order valence-electron chi connectivity index (χ4n) is 0.971. The SMILES string of the molecule is CC(C)(C)OCCC1(N)CC1. The predicted molar refractivity (Wildman–Crippen MR) is 46.5 cm³/mol. The van der Waals surface area contributed by atoms with E-state index in [-0.39, 0.29) is 11.1 Å². The van der Waals surface area contributed by atoms with Crippen LogP contribution in [0.1, 0.15) is 40.0 Å². The average molecular weight is 157 g/mol. The highest BCUT2D eigenvalue weighted by molar-refractivity contribution is 4.98. The van der Waals surface area contributed by atoms with Gasteiger partial charge in [-0.15, -0.1) is 0 Å². The van der Waals surface area contributed by atoms with Crippen LogP contribution in [0.2, 0.25) is 0 Å². The molecule has 2 N–H and O–H groups in total. The summed E-state index contributed by atoms with van der Waals surface area (Å²) < 4.78 is 5.57. The molecule has 0 saturated heterocycles. The second-order valence-corrected chi connectivity index (χ2v) is 4.57. The van der Waals surface area contributed by atoms with Gasteiger partial charge in [-0.25, -0.2) is 0 Å². The van der Waals surface area contributed by atoms with E-state index in [1.165, 1.54) is 12.8 Å². The second kappa shape index (κ2) is 2.76. The molecule has 66 valence electrons. The molecular formula is C9H19NO. The van der Waals surface area contributed by atoms with Crippen molar-refractivity contribution in [1.29, 1.82) is 0 Å². The fourth-order valence-corrected chi connectivity index (χ4v) is 0.971. The lowest BCUT2D eigenvalue weighted by Gasteiger charge is -2.20. The van der Waals surface area contributed by atoms with Crippen LogP contribution >= 0.6 is 0 Å². The van der Waals surface area contributed by atoms with Crippen LogP contribution in [0.3, 0.4) is 0 Å². The predicted octanol–water partition coefficient (Wildman–Crippen LogP) is 1.68. The fraction of sp³-hybridized carbons (Fsp3) is 1.00. The van der Waals surface area contributed by atoms with Crippen LogP contribution in [-0.4, -0.2) is 17.7 Å². The molecule has 0 radical (unpaired) electrons. The van der Waals surface area contributed by atoms with E-state index >= 15 is 0 Å². The van der Waals surface area contributed by atoms with Gasteiger partial charge in [0.2, 0.25) is 0 Å². The molecular weight excluding hydrogens is 138 g/mol. The van der Waals surface area contributed by atoms with E-state index in [2.05, 4.69) is 20.8 Å². The Hall–Kier alpha value is -0.0800. The van der Waals surface area contributed by atoms with Gasteiger partial charge in [-0.3, -0.25) is 0 Å². The molecule has 1 saturated carbocycles. The maximum Gasteiger partial charge on any atom is 0.0598 e. The van der Waals surface area contributed by atoms with Crippen molar-refractivity contribution in [1.82, 2.24) is 0 Å². The molecule has 0 atom stereocenters. The lowest BCUT2D eigenvalue weighted by atomic mass is 10.2. The standard InChI is InChI=1S/C9H19NO/c1-8(2,3)11-7-6-9(10)4-5-9/h4-7,10H2,1-3H3. The number of nitrogens with two attached hydrogens (primary N) is 1. The topological polar surface area (TPSA) is 35.2 Å². The molecule has 1 fully saturated rings. The van der Waals surface area contributed by atoms with Gasteiger partial charge < -0.3 is 10.5 Å². The number of ether oxygens (including phenoxy) is 1. The van der Waals surface area contributed by atoms with E-state index in [4.69, 9.17) is 10.5 Å². The molecule has 2 heteroatoms. The van der Waals surface area contributed by atoms with Crippen molar-refractivity contribution in [3.05, 3.63) is 0 Å². The maximum atomic E-state index is 5.90. The molecule has 1 aliphatic rings. The summed E-state index contributed by atoms with van der Waals surface area (Å²) in [5, 5.41) is 0. The quantitative estimate of drug-likeness (QED) is 0.676. The molecule has 1 rings (SSSR count). The summed E-state index contributed by atoms with van der Waals surface area (Å²) in [6, 6.07) is 0. The lowest BCUT2D eigenvalue weighted by molar-refractivity contribution is -0.00687. The summed E-state index contributed by atoms with van der Waals surface area (Å²) in [4.78, 5) is 0. The molecule has 0 aromatic heterocycles. The van der Waals surface area contributed by atoms with E-state index in [0.29, 0.717) is 0 Å². The van der Waals surface area contributed by atoms with Gasteiger partial charge in [0, 0.05) is 12.1 Å². The zero-order chi connectivity index (χ0) is 8.54. The Morgan fingerprint density at radius 2 is 1.91 bits per heavy atom. The van der Waals surface area contributed by atoms with E-state index < -0.39 is 0 Å². The summed E-state index contributed by atoms with van der Waals surface area (Å²) >= 11 is 0. The summed E-state index contributed by atoms with van der Waals surface area (Å²) in [5.74, 6) is 0. The van der Waals surface area contributed by atoms with Crippen molar-refractivity contribution in [3.8, 4) is 0 Å². The third kappa shape index (κ3) is 3.73. The molecule has 0 spiro atoms. The average Bonchev–Trinajstić information content (AvgIpc) is 2.44. The lowest BCUT2D eigenvalue weighted by Crippen LogP contribution is -2.27. The number of hydrogen-bond donors (Lipinski definition) is 1. The number of hydrogen-bond acceptors (Lipinski definition) is 2. The largest absolute Gasteiger partial charge is 0.376 e. The van der Waals surface area contributed by atoms with Crippen molar-refractivity contribution in [2.75, 3.05) is 6.61 Å². The highest BCUT2D eigenvalue weighted by Gasteiger charge is 2.37. The Kier molecular flexibility index (Phi) is 2.26. The smallest absolute Gasteiger partial charge is 0.0598 e. The monoisotopic (exact) mass is 157 g/mol. The van der Waals surface area contributed by atoms with Crippen molar-refractivity contribution < 1.29 is 4.74 Å². The Labute approximate surface area is 69.1 Å². The second-order valence-electron chi connectivity index (χ2n) is 4.57. The normalized spacial score (nSPS) is 21.8. The molecule has 0 amide bonds. The molecule has 0 aromatic carbocycles. The number of rotatable bonds is 3. The minimum atomic E-state index is -0.00868. The van der Waals surface area contributed by atoms with E-state index in [1.54, 1.807) is 0 Å². The zero-order valence-electron chi connectivity index (χ0n) is 7.81. The molecule has 0 heterocycles. The third-order valence-electron chi connectivity index (χ3n) is 2.03. The van der Waals surface area contributed by atoms with Crippen molar-refractivity contribution in [3.63, 3.8) is 0 Å². The molecule has 0 bridgehead atoms. The summed E-state index contributed by atoms with van der Waals surface area (Å²) in [5.41, 5.74) is 6.03. The van der Waals surface area contributed by atoms with Gasteiger partial charge in [-0.05, 0) is 40.0 Å². The molecule has 0 unspecified atom stereocenters. The summed E-state index contributed by atoms with van der Waals surface area (Å²) in [6.45, 7) is 7.02. The minimum absolute atomic E-state index is 0.00868. The Morgan fingerprint density at radius 3 is 2.27 bits per heavy atom. The van der Waals surface area contributed by atoms with Crippen LogP contribution in [0.5, 0.6) is 0 Å². The van der Waals surface area contributed by atoms with E-state index in [9.17, 15) is 0 Å². The van der Waals surface area contributed by atoms with Gasteiger partial charge in [-0.2, -0.15) is 0 Å². The Bertz CT molecular complexity index is 128. The highest BCUT2D eigenvalue weighted by atomic mass is 16.5. The summed E-state index contributed by atoms with van der Waals surface area (Å²) in [7, 11) is 0. The first-order valence-corrected chi connectivity index (χ1v) is 4.34. The summed E-state index contributed by atoms with van der Waals surface area (Å²) in [6.07, 6.45) is 3.38. The van der Waals surface area contributed by atoms with E-state index in [0.717, 1.165) is 13.0 Å². The molecule has 11 heavy (non-hydrogen) atoms. The Morgan fingerprint density at radius 1 is 1.36 bits per heavy atom. The van der Waals surface area contributed by atoms with Crippen molar-refractivity contribution in [2.45, 2.75) is 51.2 Å². The molecule has 0 aliphatic heterocycles. The van der Waals surface area contributed by atoms with Gasteiger partial charge in [0.25, 0.3) is 0 Å². The van der Waals surface area contributed by atoms with Gasteiger partial charge in [0.05, 0.1) is 5.60 Å². The van der Waals surface area contributed by atoms with Crippen LogP contribution in [-0.2, 0) is 4.74 Å². The zero-order valence-corrected chi connectivity index (χ0v) is 7.81. The minimum Gasteiger partial charge on any atom is -0.376 e. The first-order valence-electron chi connectivity index (χ1n) is 4.34. The molecule has 0 aromatic rings. The van der Waals surface area contributed by atoms with Crippen LogP contribution in [0, 0.1) is 0 Å². The van der Waals surface area contributed by atoms with Gasteiger partial charge in [0.1, 0.15) is 0 Å². The molecule has 1 aliphatic carbocycles. The van der Waals surface area contributed by atoms with Crippen LogP contribution in [0.4, 0.5) is 0 Å².